The molecule has 0 saturated heterocycles. The summed E-state index contributed by atoms with van der Waals surface area (Å²) in [5.41, 5.74) is 0.434. The van der Waals surface area contributed by atoms with Gasteiger partial charge in [0.1, 0.15) is 7.85 Å². The van der Waals surface area contributed by atoms with Crippen LogP contribution in [0.15, 0.2) is 12.1 Å². The van der Waals surface area contributed by atoms with Gasteiger partial charge in [0.25, 0.3) is 6.43 Å². The third kappa shape index (κ3) is 1.61. The van der Waals surface area contributed by atoms with Crippen molar-refractivity contribution in [1.29, 1.82) is 0 Å². The summed E-state index contributed by atoms with van der Waals surface area (Å²) in [6.45, 7) is 1.66. The van der Waals surface area contributed by atoms with Gasteiger partial charge in [-0.2, -0.15) is 0 Å². The Kier molecular flexibility index (Phi) is 2.73. The van der Waals surface area contributed by atoms with Gasteiger partial charge in [-0.15, -0.1) is 0 Å². The molecular weight excluding hydrogens is 180 g/mol. The minimum Gasteiger partial charge on any atom is -0.205 e. The Hall–Kier alpha value is -0.565. The first kappa shape index (κ1) is 9.52. The summed E-state index contributed by atoms with van der Waals surface area (Å²) in [4.78, 5) is 0. The lowest BCUT2D eigenvalue weighted by molar-refractivity contribution is 0.152. The van der Waals surface area contributed by atoms with Crippen molar-refractivity contribution in [3.8, 4) is 0 Å². The molecule has 0 spiro atoms. The third-order valence-corrected chi connectivity index (χ3v) is 2.00. The Morgan fingerprint density at radius 3 is 2.42 bits per heavy atom. The van der Waals surface area contributed by atoms with Crippen LogP contribution < -0.4 is 5.46 Å². The van der Waals surface area contributed by atoms with Crippen LogP contribution in [-0.2, 0) is 0 Å². The molecule has 0 atom stereocenters. The molecule has 12 heavy (non-hydrogen) atoms. The smallest absolute Gasteiger partial charge is 0.205 e. The number of hydrogen-bond acceptors (Lipinski definition) is 0. The number of halogens is 3. The largest absolute Gasteiger partial charge is 0.264 e. The molecule has 0 fully saturated rings. The van der Waals surface area contributed by atoms with Crippen LogP contribution in [0.2, 0.25) is 5.02 Å². The van der Waals surface area contributed by atoms with E-state index < -0.39 is 6.43 Å². The highest BCUT2D eigenvalue weighted by Gasteiger charge is 2.14. The molecule has 1 aromatic rings. The van der Waals surface area contributed by atoms with E-state index in [1.54, 1.807) is 13.0 Å². The third-order valence-electron chi connectivity index (χ3n) is 1.67. The van der Waals surface area contributed by atoms with Crippen LogP contribution in [0.25, 0.3) is 0 Å². The van der Waals surface area contributed by atoms with E-state index in [-0.39, 0.29) is 16.0 Å². The van der Waals surface area contributed by atoms with E-state index in [2.05, 4.69) is 0 Å². The van der Waals surface area contributed by atoms with Gasteiger partial charge < -0.3 is 0 Å². The van der Waals surface area contributed by atoms with E-state index in [9.17, 15) is 8.78 Å². The standard InChI is InChI=1S/C8H6BClF2/c1-4-2-3-5(10)6(7(4)9)8(11)12/h2-3,8H,1H3. The Bertz CT molecular complexity index is 299. The van der Waals surface area contributed by atoms with Crippen molar-refractivity contribution in [2.24, 2.45) is 0 Å². The molecule has 0 unspecified atom stereocenters. The molecule has 1 aromatic carbocycles. The lowest BCUT2D eigenvalue weighted by Gasteiger charge is -2.09. The molecule has 0 aliphatic heterocycles. The molecule has 1 rings (SSSR count). The van der Waals surface area contributed by atoms with Gasteiger partial charge in [-0.25, -0.2) is 8.78 Å². The van der Waals surface area contributed by atoms with Crippen LogP contribution in [0.4, 0.5) is 8.78 Å². The van der Waals surface area contributed by atoms with Crippen molar-refractivity contribution in [2.45, 2.75) is 13.3 Å². The van der Waals surface area contributed by atoms with E-state index in [1.807, 2.05) is 0 Å². The van der Waals surface area contributed by atoms with Crippen LogP contribution in [-0.4, -0.2) is 7.85 Å². The fraction of sp³-hybridized carbons (Fsp3) is 0.250. The van der Waals surface area contributed by atoms with E-state index in [0.29, 0.717) is 5.56 Å². The summed E-state index contributed by atoms with van der Waals surface area (Å²) in [7, 11) is 5.42. The summed E-state index contributed by atoms with van der Waals surface area (Å²) < 4.78 is 24.6. The summed E-state index contributed by atoms with van der Waals surface area (Å²) in [6, 6.07) is 3.04. The Balaban J connectivity index is 3.33. The second-order valence-corrected chi connectivity index (χ2v) is 2.90. The topological polar surface area (TPSA) is 0 Å². The first-order valence-corrected chi connectivity index (χ1v) is 3.74. The first-order chi connectivity index (χ1) is 5.54. The van der Waals surface area contributed by atoms with E-state index in [0.717, 1.165) is 0 Å². The van der Waals surface area contributed by atoms with E-state index >= 15 is 0 Å². The molecule has 0 nitrogen and oxygen atoms in total. The van der Waals surface area contributed by atoms with Gasteiger partial charge in [0.2, 0.25) is 0 Å². The summed E-state index contributed by atoms with van der Waals surface area (Å²) in [5.74, 6) is 0. The molecule has 0 aliphatic rings. The van der Waals surface area contributed by atoms with Gasteiger partial charge in [0, 0.05) is 10.6 Å². The maximum atomic E-state index is 12.3. The van der Waals surface area contributed by atoms with Crippen LogP contribution in [0.1, 0.15) is 17.6 Å². The fourth-order valence-corrected chi connectivity index (χ4v) is 1.19. The second-order valence-electron chi connectivity index (χ2n) is 2.49. The predicted octanol–water partition coefficient (Wildman–Crippen LogP) is 2.38. The quantitative estimate of drug-likeness (QED) is 0.591. The van der Waals surface area contributed by atoms with Crippen LogP contribution in [0.3, 0.4) is 0 Å². The zero-order valence-corrected chi connectivity index (χ0v) is 7.20. The summed E-state index contributed by atoms with van der Waals surface area (Å²) in [5, 5.41) is 0.0214. The molecule has 0 N–H and O–H groups in total. The molecule has 0 bridgehead atoms. The predicted molar refractivity (Wildman–Crippen MR) is 46.5 cm³/mol. The first-order valence-electron chi connectivity index (χ1n) is 3.36. The van der Waals surface area contributed by atoms with Crippen molar-refractivity contribution >= 4 is 24.9 Å². The second kappa shape index (κ2) is 3.44. The monoisotopic (exact) mass is 186 g/mol. The zero-order chi connectivity index (χ0) is 9.30. The number of aryl methyl sites for hydroxylation is 1. The summed E-state index contributed by atoms with van der Waals surface area (Å²) in [6.07, 6.45) is -2.61. The maximum Gasteiger partial charge on any atom is 0.264 e. The van der Waals surface area contributed by atoms with E-state index in [1.165, 1.54) is 6.07 Å². The number of hydrogen-bond donors (Lipinski definition) is 0. The molecule has 4 heteroatoms. The highest BCUT2D eigenvalue weighted by Crippen LogP contribution is 2.25. The molecule has 0 aromatic heterocycles. The van der Waals surface area contributed by atoms with Crippen molar-refractivity contribution < 1.29 is 8.78 Å². The molecule has 0 saturated carbocycles. The summed E-state index contributed by atoms with van der Waals surface area (Å²) >= 11 is 5.54. The number of rotatable bonds is 1. The Morgan fingerprint density at radius 2 is 2.00 bits per heavy atom. The molecule has 0 amide bonds. The lowest BCUT2D eigenvalue weighted by atomic mass is 9.86. The van der Waals surface area contributed by atoms with Crippen LogP contribution in [0.5, 0.6) is 0 Å². The van der Waals surface area contributed by atoms with Gasteiger partial charge in [-0.05, 0) is 13.0 Å². The van der Waals surface area contributed by atoms with Crippen molar-refractivity contribution in [2.75, 3.05) is 0 Å². The average molecular weight is 186 g/mol. The average Bonchev–Trinajstić information content (AvgIpc) is 1.97. The van der Waals surface area contributed by atoms with Crippen LogP contribution in [0, 0.1) is 6.92 Å². The Labute approximate surface area is 75.9 Å². The Morgan fingerprint density at radius 1 is 1.42 bits per heavy atom. The highest BCUT2D eigenvalue weighted by atomic mass is 35.5. The minimum absolute atomic E-state index is 0.0214. The van der Waals surface area contributed by atoms with Gasteiger partial charge in [0.05, 0.1) is 0 Å². The van der Waals surface area contributed by atoms with Gasteiger partial charge in [-0.3, -0.25) is 0 Å². The van der Waals surface area contributed by atoms with Crippen molar-refractivity contribution in [3.63, 3.8) is 0 Å². The number of alkyl halides is 2. The van der Waals surface area contributed by atoms with Gasteiger partial charge in [-0.1, -0.05) is 28.7 Å². The molecule has 0 aliphatic carbocycles. The van der Waals surface area contributed by atoms with Gasteiger partial charge >= 0.3 is 0 Å². The molecule has 2 radical (unpaired) electrons. The molecule has 0 heterocycles. The fourth-order valence-electron chi connectivity index (χ4n) is 0.941. The SMILES string of the molecule is [B]c1c(C)ccc(Cl)c1C(F)F. The lowest BCUT2D eigenvalue weighted by Crippen LogP contribution is -2.15. The molecular formula is C8H6BClF2. The normalized spacial score (nSPS) is 10.8. The van der Waals surface area contributed by atoms with E-state index in [4.69, 9.17) is 19.4 Å². The van der Waals surface area contributed by atoms with Crippen molar-refractivity contribution in [1.82, 2.24) is 0 Å². The maximum absolute atomic E-state index is 12.3. The van der Waals surface area contributed by atoms with Gasteiger partial charge in [0.15, 0.2) is 0 Å². The van der Waals surface area contributed by atoms with Crippen molar-refractivity contribution in [3.05, 3.63) is 28.3 Å². The zero-order valence-electron chi connectivity index (χ0n) is 6.44. The number of benzene rings is 1. The van der Waals surface area contributed by atoms with Crippen LogP contribution >= 0.6 is 11.6 Å². The highest BCUT2D eigenvalue weighted by molar-refractivity contribution is 6.38. The molecule has 62 valence electrons. The minimum atomic E-state index is -2.61.